The largest absolute Gasteiger partial charge is 0.444 e. The van der Waals surface area contributed by atoms with Gasteiger partial charge in [0, 0.05) is 31.7 Å². The van der Waals surface area contributed by atoms with Crippen LogP contribution in [0.5, 0.6) is 0 Å². The van der Waals surface area contributed by atoms with E-state index in [4.69, 9.17) is 9.26 Å². The molecule has 1 aromatic heterocycles. The number of aryl methyl sites for hydroxylation is 1. The van der Waals surface area contributed by atoms with E-state index < -0.39 is 5.60 Å². The van der Waals surface area contributed by atoms with Crippen LogP contribution in [0.15, 0.2) is 4.52 Å². The fourth-order valence-corrected chi connectivity index (χ4v) is 2.13. The number of hydrogen-bond donors (Lipinski definition) is 1. The molecule has 1 aliphatic rings. The van der Waals surface area contributed by atoms with Gasteiger partial charge in [0.1, 0.15) is 5.60 Å². The summed E-state index contributed by atoms with van der Waals surface area (Å²) in [6.07, 6.45) is -0.348. The molecule has 0 aromatic carbocycles. The van der Waals surface area contributed by atoms with Crippen LogP contribution in [0.3, 0.4) is 0 Å². The molecule has 0 saturated carbocycles. The van der Waals surface area contributed by atoms with Crippen LogP contribution in [-0.2, 0) is 4.74 Å². The molecule has 8 heteroatoms. The first-order valence-electron chi connectivity index (χ1n) is 7.64. The molecule has 2 heterocycles. The van der Waals surface area contributed by atoms with Crippen molar-refractivity contribution in [3.05, 3.63) is 11.3 Å². The van der Waals surface area contributed by atoms with E-state index >= 15 is 0 Å². The number of nitrogens with one attached hydrogen (secondary N) is 1. The summed E-state index contributed by atoms with van der Waals surface area (Å²) in [4.78, 5) is 27.5. The second kappa shape index (κ2) is 6.47. The Balaban J connectivity index is 1.85. The first kappa shape index (κ1) is 17.1. The van der Waals surface area contributed by atoms with Crippen LogP contribution in [0.4, 0.5) is 15.5 Å². The average Bonchev–Trinajstić information content (AvgIpc) is 2.77. The molecule has 1 aliphatic heterocycles. The van der Waals surface area contributed by atoms with Crippen LogP contribution in [0.2, 0.25) is 0 Å². The van der Waals surface area contributed by atoms with Crippen molar-refractivity contribution in [1.82, 2.24) is 15.0 Å². The van der Waals surface area contributed by atoms with Crippen molar-refractivity contribution in [3.8, 4) is 0 Å². The van der Waals surface area contributed by atoms with E-state index in [1.165, 1.54) is 0 Å². The molecule has 0 atom stereocenters. The number of rotatable bonds is 1. The molecule has 2 rings (SSSR count). The number of amides is 3. The molecule has 1 fully saturated rings. The van der Waals surface area contributed by atoms with Crippen molar-refractivity contribution in [2.24, 2.45) is 0 Å². The van der Waals surface area contributed by atoms with Crippen LogP contribution in [0.1, 0.15) is 32.0 Å². The SMILES string of the molecule is Cc1noc(NC(=O)N2CCN(C(=O)OC(C)(C)C)CC2)c1C. The van der Waals surface area contributed by atoms with Gasteiger partial charge < -0.3 is 19.1 Å². The summed E-state index contributed by atoms with van der Waals surface area (Å²) in [5, 5.41) is 6.51. The summed E-state index contributed by atoms with van der Waals surface area (Å²) in [7, 11) is 0. The first-order valence-corrected chi connectivity index (χ1v) is 7.64. The van der Waals surface area contributed by atoms with Gasteiger partial charge in [-0.05, 0) is 34.6 Å². The Hall–Kier alpha value is -2.25. The molecule has 0 spiro atoms. The van der Waals surface area contributed by atoms with Gasteiger partial charge in [-0.2, -0.15) is 0 Å². The smallest absolute Gasteiger partial charge is 0.410 e. The van der Waals surface area contributed by atoms with E-state index in [9.17, 15) is 9.59 Å². The van der Waals surface area contributed by atoms with E-state index in [-0.39, 0.29) is 12.1 Å². The van der Waals surface area contributed by atoms with Crippen LogP contribution < -0.4 is 5.32 Å². The molecule has 1 saturated heterocycles. The van der Waals surface area contributed by atoms with Gasteiger partial charge in [-0.15, -0.1) is 0 Å². The van der Waals surface area contributed by atoms with Gasteiger partial charge in [0.15, 0.2) is 0 Å². The lowest BCUT2D eigenvalue weighted by Crippen LogP contribution is -2.52. The fourth-order valence-electron chi connectivity index (χ4n) is 2.13. The molecular weight excluding hydrogens is 300 g/mol. The Labute approximate surface area is 135 Å². The maximum Gasteiger partial charge on any atom is 0.410 e. The van der Waals surface area contributed by atoms with Crippen molar-refractivity contribution in [2.45, 2.75) is 40.2 Å². The highest BCUT2D eigenvalue weighted by atomic mass is 16.6. The van der Waals surface area contributed by atoms with Gasteiger partial charge >= 0.3 is 12.1 Å². The molecular formula is C15H24N4O4. The minimum Gasteiger partial charge on any atom is -0.444 e. The molecule has 23 heavy (non-hydrogen) atoms. The third kappa shape index (κ3) is 4.37. The second-order valence-electron chi connectivity index (χ2n) is 6.61. The summed E-state index contributed by atoms with van der Waals surface area (Å²) >= 11 is 0. The second-order valence-corrected chi connectivity index (χ2v) is 6.61. The lowest BCUT2D eigenvalue weighted by atomic mass is 10.2. The Kier molecular flexibility index (Phi) is 4.82. The van der Waals surface area contributed by atoms with Crippen LogP contribution in [-0.4, -0.2) is 58.9 Å². The minimum atomic E-state index is -0.521. The molecule has 0 unspecified atom stereocenters. The Bertz CT molecular complexity index is 583. The molecule has 128 valence electrons. The molecule has 0 radical (unpaired) electrons. The lowest BCUT2D eigenvalue weighted by Gasteiger charge is -2.35. The summed E-state index contributed by atoms with van der Waals surface area (Å²) < 4.78 is 10.4. The standard InChI is InChI=1S/C15H24N4O4/c1-10-11(2)17-23-12(10)16-13(20)18-6-8-19(9-7-18)14(21)22-15(3,4)5/h6-9H2,1-5H3,(H,16,20). The fraction of sp³-hybridized carbons (Fsp3) is 0.667. The predicted octanol–water partition coefficient (Wildman–Crippen LogP) is 2.38. The number of urea groups is 1. The van der Waals surface area contributed by atoms with E-state index in [2.05, 4.69) is 10.5 Å². The zero-order valence-corrected chi connectivity index (χ0v) is 14.3. The van der Waals surface area contributed by atoms with Crippen molar-refractivity contribution in [1.29, 1.82) is 0 Å². The van der Waals surface area contributed by atoms with Gasteiger partial charge in [-0.25, -0.2) is 9.59 Å². The van der Waals surface area contributed by atoms with Crippen LogP contribution in [0, 0.1) is 13.8 Å². The van der Waals surface area contributed by atoms with Crippen LogP contribution in [0.25, 0.3) is 0 Å². The Morgan fingerprint density at radius 2 is 1.70 bits per heavy atom. The molecule has 1 N–H and O–H groups in total. The number of piperazine rings is 1. The quantitative estimate of drug-likeness (QED) is 0.857. The number of carbonyl (C=O) groups is 2. The maximum absolute atomic E-state index is 12.2. The third-order valence-corrected chi connectivity index (χ3v) is 3.60. The zero-order chi connectivity index (χ0) is 17.2. The number of nitrogens with zero attached hydrogens (tertiary/aromatic N) is 3. The van der Waals surface area contributed by atoms with Crippen molar-refractivity contribution < 1.29 is 18.8 Å². The molecule has 0 aliphatic carbocycles. The van der Waals surface area contributed by atoms with E-state index in [0.717, 1.165) is 11.3 Å². The topological polar surface area (TPSA) is 87.9 Å². The van der Waals surface area contributed by atoms with Gasteiger partial charge in [0.05, 0.1) is 5.69 Å². The molecule has 3 amide bonds. The zero-order valence-electron chi connectivity index (χ0n) is 14.3. The van der Waals surface area contributed by atoms with E-state index in [0.29, 0.717) is 32.1 Å². The summed E-state index contributed by atoms with van der Waals surface area (Å²) in [5.41, 5.74) is 1.04. The summed E-state index contributed by atoms with van der Waals surface area (Å²) in [5.74, 6) is 0.363. The number of carbonyl (C=O) groups excluding carboxylic acids is 2. The number of anilines is 1. The monoisotopic (exact) mass is 324 g/mol. The van der Waals surface area contributed by atoms with Crippen LogP contribution >= 0.6 is 0 Å². The number of ether oxygens (including phenoxy) is 1. The highest BCUT2D eigenvalue weighted by molar-refractivity contribution is 5.88. The van der Waals surface area contributed by atoms with Gasteiger partial charge in [-0.1, -0.05) is 5.16 Å². The number of hydrogen-bond acceptors (Lipinski definition) is 5. The molecule has 8 nitrogen and oxygen atoms in total. The highest BCUT2D eigenvalue weighted by Crippen LogP contribution is 2.18. The first-order chi connectivity index (χ1) is 10.7. The third-order valence-electron chi connectivity index (χ3n) is 3.60. The van der Waals surface area contributed by atoms with E-state index in [1.54, 1.807) is 9.80 Å². The summed E-state index contributed by atoms with van der Waals surface area (Å²) in [6.45, 7) is 10.9. The van der Waals surface area contributed by atoms with Gasteiger partial charge in [0.2, 0.25) is 5.88 Å². The van der Waals surface area contributed by atoms with Crippen molar-refractivity contribution >= 4 is 18.0 Å². The van der Waals surface area contributed by atoms with Crippen molar-refractivity contribution in [3.63, 3.8) is 0 Å². The summed E-state index contributed by atoms with van der Waals surface area (Å²) in [6, 6.07) is -0.256. The Morgan fingerprint density at radius 1 is 1.13 bits per heavy atom. The molecule has 0 bridgehead atoms. The maximum atomic E-state index is 12.2. The predicted molar refractivity (Wildman–Crippen MR) is 84.4 cm³/mol. The molecule has 1 aromatic rings. The highest BCUT2D eigenvalue weighted by Gasteiger charge is 2.28. The van der Waals surface area contributed by atoms with Gasteiger partial charge in [-0.3, -0.25) is 5.32 Å². The van der Waals surface area contributed by atoms with Crippen molar-refractivity contribution in [2.75, 3.05) is 31.5 Å². The van der Waals surface area contributed by atoms with Gasteiger partial charge in [0.25, 0.3) is 0 Å². The average molecular weight is 324 g/mol. The van der Waals surface area contributed by atoms with E-state index in [1.807, 2.05) is 34.6 Å². The Morgan fingerprint density at radius 3 is 2.17 bits per heavy atom. The number of aromatic nitrogens is 1. The normalized spacial score (nSPS) is 15.5. The lowest BCUT2D eigenvalue weighted by molar-refractivity contribution is 0.0174. The minimum absolute atomic E-state index is 0.256.